The van der Waals surface area contributed by atoms with Crippen molar-refractivity contribution in [2.24, 2.45) is 0 Å². The third-order valence-corrected chi connectivity index (χ3v) is 4.53. The lowest BCUT2D eigenvalue weighted by Gasteiger charge is -2.13. The first kappa shape index (κ1) is 22.9. The van der Waals surface area contributed by atoms with Crippen LogP contribution in [0.4, 0.5) is 18.9 Å². The molecule has 3 rings (SSSR count). The Labute approximate surface area is 181 Å². The average molecular weight is 447 g/mol. The van der Waals surface area contributed by atoms with Crippen LogP contribution in [0.25, 0.3) is 0 Å². The highest BCUT2D eigenvalue weighted by Gasteiger charge is 2.28. The molecule has 3 aromatic rings. The topological polar surface area (TPSA) is 93.5 Å². The monoisotopic (exact) mass is 447 g/mol. The van der Waals surface area contributed by atoms with Crippen LogP contribution in [-0.4, -0.2) is 29.7 Å². The molecule has 0 aliphatic carbocycles. The van der Waals surface area contributed by atoms with Gasteiger partial charge in [0.05, 0.1) is 22.5 Å². The molecule has 10 heteroatoms. The summed E-state index contributed by atoms with van der Waals surface area (Å²) in [5.74, 6) is -0.440. The minimum atomic E-state index is -4.54. The number of alkyl halides is 3. The number of carbonyl (C=O) groups is 2. The fraction of sp³-hybridized carbons (Fsp3) is 0.227. The van der Waals surface area contributed by atoms with Gasteiger partial charge >= 0.3 is 6.18 Å². The molecule has 0 radical (unpaired) electrons. The van der Waals surface area contributed by atoms with Gasteiger partial charge in [-0.1, -0.05) is 23.4 Å². The van der Waals surface area contributed by atoms with Crippen molar-refractivity contribution in [3.8, 4) is 5.75 Å². The van der Waals surface area contributed by atoms with Gasteiger partial charge in [0.15, 0.2) is 0 Å². The first-order valence-corrected chi connectivity index (χ1v) is 9.54. The molecule has 0 unspecified atom stereocenters. The van der Waals surface area contributed by atoms with E-state index in [1.54, 1.807) is 43.4 Å². The molecule has 1 heterocycles. The molecular formula is C22H20F3N3O4. The zero-order chi connectivity index (χ0) is 23.3. The van der Waals surface area contributed by atoms with Crippen LogP contribution in [0.2, 0.25) is 0 Å². The second kappa shape index (κ2) is 9.54. The van der Waals surface area contributed by atoms with Crippen LogP contribution < -0.4 is 15.4 Å². The van der Waals surface area contributed by atoms with Crippen molar-refractivity contribution >= 4 is 17.5 Å². The summed E-state index contributed by atoms with van der Waals surface area (Å²) < 4.78 is 48.0. The van der Waals surface area contributed by atoms with E-state index in [1.165, 1.54) is 24.3 Å². The van der Waals surface area contributed by atoms with Crippen LogP contribution in [0.1, 0.15) is 37.7 Å². The number of nitrogens with one attached hydrogen (secondary N) is 2. The second-order valence-electron chi connectivity index (χ2n) is 6.92. The van der Waals surface area contributed by atoms with Crippen molar-refractivity contribution in [3.63, 3.8) is 0 Å². The van der Waals surface area contributed by atoms with Gasteiger partial charge in [-0.2, -0.15) is 13.2 Å². The number of anilines is 1. The third kappa shape index (κ3) is 5.87. The summed E-state index contributed by atoms with van der Waals surface area (Å²) in [6.45, 7) is 2.29. The van der Waals surface area contributed by atoms with Crippen molar-refractivity contribution in [3.05, 3.63) is 76.7 Å². The molecule has 0 fully saturated rings. The number of nitrogens with zero attached hydrogens (tertiary/aromatic N) is 1. The van der Waals surface area contributed by atoms with E-state index in [-0.39, 0.29) is 23.4 Å². The van der Waals surface area contributed by atoms with E-state index in [9.17, 15) is 22.8 Å². The summed E-state index contributed by atoms with van der Waals surface area (Å²) in [6.07, 6.45) is -4.54. The van der Waals surface area contributed by atoms with E-state index >= 15 is 0 Å². The number of ether oxygens (including phenoxy) is 1. The van der Waals surface area contributed by atoms with Gasteiger partial charge in [0.2, 0.25) is 0 Å². The van der Waals surface area contributed by atoms with Gasteiger partial charge in [-0.25, -0.2) is 0 Å². The smallest absolute Gasteiger partial charge is 0.405 e. The quantitative estimate of drug-likeness (QED) is 0.560. The van der Waals surface area contributed by atoms with Crippen molar-refractivity contribution in [1.29, 1.82) is 0 Å². The Hall–Kier alpha value is -3.82. The van der Waals surface area contributed by atoms with Crippen LogP contribution in [-0.2, 0) is 6.61 Å². The maximum Gasteiger partial charge on any atom is 0.405 e. The number of para-hydroxylation sites is 1. The highest BCUT2D eigenvalue weighted by Crippen LogP contribution is 2.21. The van der Waals surface area contributed by atoms with E-state index in [0.717, 1.165) is 5.56 Å². The molecule has 1 aromatic heterocycles. The third-order valence-electron chi connectivity index (χ3n) is 4.53. The molecule has 0 spiro atoms. The summed E-state index contributed by atoms with van der Waals surface area (Å²) in [5.41, 5.74) is 1.75. The van der Waals surface area contributed by atoms with E-state index in [2.05, 4.69) is 10.5 Å². The first-order valence-electron chi connectivity index (χ1n) is 9.54. The number of hydrogen-bond donors (Lipinski definition) is 2. The van der Waals surface area contributed by atoms with Gasteiger partial charge in [0.25, 0.3) is 11.8 Å². The number of amides is 2. The number of rotatable bonds is 7. The second-order valence-corrected chi connectivity index (χ2v) is 6.92. The fourth-order valence-electron chi connectivity index (χ4n) is 2.85. The molecule has 0 aliphatic heterocycles. The predicted molar refractivity (Wildman–Crippen MR) is 110 cm³/mol. The minimum absolute atomic E-state index is 0.0826. The van der Waals surface area contributed by atoms with E-state index < -0.39 is 24.5 Å². The number of hydrogen-bond acceptors (Lipinski definition) is 5. The lowest BCUT2D eigenvalue weighted by molar-refractivity contribution is -0.123. The van der Waals surface area contributed by atoms with Crippen molar-refractivity contribution in [2.45, 2.75) is 26.6 Å². The Balaban J connectivity index is 1.70. The van der Waals surface area contributed by atoms with Crippen LogP contribution in [0.15, 0.2) is 53.1 Å². The van der Waals surface area contributed by atoms with Crippen LogP contribution in [0.5, 0.6) is 5.75 Å². The summed E-state index contributed by atoms with van der Waals surface area (Å²) in [4.78, 5) is 24.8. The number of carbonyl (C=O) groups excluding carboxylic acids is 2. The summed E-state index contributed by atoms with van der Waals surface area (Å²) >= 11 is 0. The van der Waals surface area contributed by atoms with Crippen LogP contribution in [0, 0.1) is 13.8 Å². The van der Waals surface area contributed by atoms with Crippen LogP contribution in [0.3, 0.4) is 0 Å². The normalized spacial score (nSPS) is 11.2. The molecule has 0 saturated heterocycles. The highest BCUT2D eigenvalue weighted by molar-refractivity contribution is 6.09. The Bertz CT molecular complexity index is 1110. The number of aryl methyl sites for hydroxylation is 2. The van der Waals surface area contributed by atoms with Gasteiger partial charge in [-0.3, -0.25) is 9.59 Å². The van der Waals surface area contributed by atoms with E-state index in [1.807, 2.05) is 0 Å². The predicted octanol–water partition coefficient (Wildman–Crippen LogP) is 4.41. The maximum atomic E-state index is 12.7. The Morgan fingerprint density at radius 3 is 2.50 bits per heavy atom. The zero-order valence-electron chi connectivity index (χ0n) is 17.2. The van der Waals surface area contributed by atoms with Crippen molar-refractivity contribution in [1.82, 2.24) is 10.5 Å². The number of aromatic nitrogens is 1. The SMILES string of the molecule is Cc1noc(C)c1COc1cccc(C(=O)Nc2ccccc2C(=O)NCC(F)(F)F)c1. The molecule has 0 bridgehead atoms. The zero-order valence-corrected chi connectivity index (χ0v) is 17.2. The van der Waals surface area contributed by atoms with Gasteiger partial charge in [-0.15, -0.1) is 0 Å². The fourth-order valence-corrected chi connectivity index (χ4v) is 2.85. The molecule has 0 atom stereocenters. The highest BCUT2D eigenvalue weighted by atomic mass is 19.4. The van der Waals surface area contributed by atoms with Crippen LogP contribution >= 0.6 is 0 Å². The molecular weight excluding hydrogens is 427 g/mol. The first-order chi connectivity index (χ1) is 15.1. The molecule has 2 amide bonds. The maximum absolute atomic E-state index is 12.7. The lowest BCUT2D eigenvalue weighted by atomic mass is 10.1. The van der Waals surface area contributed by atoms with Gasteiger partial charge in [0, 0.05) is 5.56 Å². The summed E-state index contributed by atoms with van der Waals surface area (Å²) in [5, 5.41) is 8.21. The standard InChI is InChI=1S/C22H20F3N3O4/c1-13-18(14(2)32-28-13)11-31-16-7-5-6-15(10-16)20(29)27-19-9-4-3-8-17(19)21(30)26-12-22(23,24)25/h3-10H,11-12H2,1-2H3,(H,26,30)(H,27,29). The molecule has 2 N–H and O–H groups in total. The average Bonchev–Trinajstić information content (AvgIpc) is 3.08. The summed E-state index contributed by atoms with van der Waals surface area (Å²) in [7, 11) is 0. The Morgan fingerprint density at radius 1 is 1.06 bits per heavy atom. The number of benzene rings is 2. The molecule has 168 valence electrons. The van der Waals surface area contributed by atoms with Crippen molar-refractivity contribution in [2.75, 3.05) is 11.9 Å². The Morgan fingerprint density at radius 2 is 1.81 bits per heavy atom. The molecule has 0 saturated carbocycles. The van der Waals surface area contributed by atoms with Crippen molar-refractivity contribution < 1.29 is 32.0 Å². The van der Waals surface area contributed by atoms with Gasteiger partial charge < -0.3 is 19.9 Å². The molecule has 7 nitrogen and oxygen atoms in total. The molecule has 2 aromatic carbocycles. The lowest BCUT2D eigenvalue weighted by Crippen LogP contribution is -2.34. The Kier molecular flexibility index (Phi) is 6.82. The van der Waals surface area contributed by atoms with E-state index in [0.29, 0.717) is 17.2 Å². The van der Waals surface area contributed by atoms with Gasteiger partial charge in [-0.05, 0) is 44.2 Å². The largest absolute Gasteiger partial charge is 0.489 e. The van der Waals surface area contributed by atoms with Gasteiger partial charge in [0.1, 0.15) is 24.7 Å². The molecule has 0 aliphatic rings. The van der Waals surface area contributed by atoms with E-state index in [4.69, 9.17) is 9.26 Å². The molecule has 32 heavy (non-hydrogen) atoms. The minimum Gasteiger partial charge on any atom is -0.489 e. The summed E-state index contributed by atoms with van der Waals surface area (Å²) in [6, 6.07) is 12.2. The number of halogens is 3.